The van der Waals surface area contributed by atoms with Gasteiger partial charge in [0.1, 0.15) is 11.5 Å². The van der Waals surface area contributed by atoms with Gasteiger partial charge in [0, 0.05) is 0 Å². The summed E-state index contributed by atoms with van der Waals surface area (Å²) in [6.45, 7) is 0.600. The van der Waals surface area contributed by atoms with Crippen LogP contribution in [0.4, 0.5) is 0 Å². The topological polar surface area (TPSA) is 35.2 Å². The van der Waals surface area contributed by atoms with E-state index >= 15 is 0 Å². The average Bonchev–Trinajstić information content (AvgIpc) is 2.35. The maximum absolute atomic E-state index is 6.05. The molecule has 2 nitrogen and oxygen atoms in total. The highest BCUT2D eigenvalue weighted by atomic mass is 35.5. The highest BCUT2D eigenvalue weighted by Gasteiger charge is 2.05. The van der Waals surface area contributed by atoms with Crippen LogP contribution in [-0.2, 0) is 6.42 Å². The summed E-state index contributed by atoms with van der Waals surface area (Å²) < 4.78 is 5.81. The highest BCUT2D eigenvalue weighted by Crippen LogP contribution is 2.30. The molecule has 0 heterocycles. The van der Waals surface area contributed by atoms with Crippen molar-refractivity contribution in [3.05, 3.63) is 59.1 Å². The SMILES string of the molecule is NCCc1ccccc1Oc1ccccc1Cl. The molecule has 88 valence electrons. The Morgan fingerprint density at radius 3 is 2.29 bits per heavy atom. The molecule has 0 aliphatic rings. The van der Waals surface area contributed by atoms with E-state index in [1.807, 2.05) is 48.5 Å². The number of para-hydroxylation sites is 2. The fraction of sp³-hybridized carbons (Fsp3) is 0.143. The van der Waals surface area contributed by atoms with Crippen LogP contribution in [-0.4, -0.2) is 6.54 Å². The minimum atomic E-state index is 0.600. The van der Waals surface area contributed by atoms with Gasteiger partial charge in [-0.15, -0.1) is 0 Å². The minimum absolute atomic E-state index is 0.600. The van der Waals surface area contributed by atoms with Gasteiger partial charge >= 0.3 is 0 Å². The zero-order chi connectivity index (χ0) is 12.1. The van der Waals surface area contributed by atoms with E-state index in [-0.39, 0.29) is 0 Å². The van der Waals surface area contributed by atoms with Crippen LogP contribution in [0.1, 0.15) is 5.56 Å². The Labute approximate surface area is 106 Å². The van der Waals surface area contributed by atoms with Gasteiger partial charge in [-0.3, -0.25) is 0 Å². The normalized spacial score (nSPS) is 10.2. The first-order valence-electron chi connectivity index (χ1n) is 5.51. The summed E-state index contributed by atoms with van der Waals surface area (Å²) in [6.07, 6.45) is 0.792. The largest absolute Gasteiger partial charge is 0.456 e. The molecule has 0 aromatic heterocycles. The third kappa shape index (κ3) is 2.99. The fourth-order valence-corrected chi connectivity index (χ4v) is 1.79. The van der Waals surface area contributed by atoms with Crippen molar-refractivity contribution in [2.24, 2.45) is 5.73 Å². The Hall–Kier alpha value is -1.51. The zero-order valence-electron chi connectivity index (χ0n) is 9.40. The lowest BCUT2D eigenvalue weighted by Crippen LogP contribution is -2.03. The summed E-state index contributed by atoms with van der Waals surface area (Å²) in [5.41, 5.74) is 6.66. The molecule has 0 unspecified atom stereocenters. The summed E-state index contributed by atoms with van der Waals surface area (Å²) in [4.78, 5) is 0. The second kappa shape index (κ2) is 5.71. The second-order valence-corrected chi connectivity index (χ2v) is 4.09. The minimum Gasteiger partial charge on any atom is -0.456 e. The second-order valence-electron chi connectivity index (χ2n) is 3.68. The number of benzene rings is 2. The monoisotopic (exact) mass is 247 g/mol. The molecular formula is C14H14ClNO. The van der Waals surface area contributed by atoms with E-state index in [2.05, 4.69) is 0 Å². The first-order chi connectivity index (χ1) is 8.31. The molecule has 0 bridgehead atoms. The zero-order valence-corrected chi connectivity index (χ0v) is 10.2. The highest BCUT2D eigenvalue weighted by molar-refractivity contribution is 6.32. The molecule has 0 fully saturated rings. The van der Waals surface area contributed by atoms with Crippen LogP contribution in [0.3, 0.4) is 0 Å². The van der Waals surface area contributed by atoms with Crippen LogP contribution in [0.25, 0.3) is 0 Å². The molecule has 0 spiro atoms. The molecule has 0 aliphatic heterocycles. The molecule has 2 aromatic carbocycles. The van der Waals surface area contributed by atoms with Crippen LogP contribution in [0.15, 0.2) is 48.5 Å². The Morgan fingerprint density at radius 1 is 0.941 bits per heavy atom. The van der Waals surface area contributed by atoms with Gasteiger partial charge in [0.2, 0.25) is 0 Å². The number of nitrogens with two attached hydrogens (primary N) is 1. The van der Waals surface area contributed by atoms with E-state index < -0.39 is 0 Å². The summed E-state index contributed by atoms with van der Waals surface area (Å²) in [7, 11) is 0. The lowest BCUT2D eigenvalue weighted by molar-refractivity contribution is 0.476. The summed E-state index contributed by atoms with van der Waals surface area (Å²) in [5.74, 6) is 1.48. The summed E-state index contributed by atoms with van der Waals surface area (Å²) >= 11 is 6.05. The quantitative estimate of drug-likeness (QED) is 0.895. The first kappa shape index (κ1) is 12.0. The van der Waals surface area contributed by atoms with Crippen LogP contribution in [0.2, 0.25) is 5.02 Å². The predicted molar refractivity (Wildman–Crippen MR) is 70.7 cm³/mol. The summed E-state index contributed by atoms with van der Waals surface area (Å²) in [5, 5.41) is 0.607. The molecule has 17 heavy (non-hydrogen) atoms. The van der Waals surface area contributed by atoms with E-state index in [4.69, 9.17) is 22.1 Å². The lowest BCUT2D eigenvalue weighted by Gasteiger charge is -2.11. The number of hydrogen-bond donors (Lipinski definition) is 1. The van der Waals surface area contributed by atoms with Gasteiger partial charge in [0.05, 0.1) is 5.02 Å². The van der Waals surface area contributed by atoms with E-state index in [0.29, 0.717) is 17.3 Å². The van der Waals surface area contributed by atoms with Crippen molar-refractivity contribution in [1.82, 2.24) is 0 Å². The number of ether oxygens (including phenoxy) is 1. The maximum atomic E-state index is 6.05. The van der Waals surface area contributed by atoms with Crippen molar-refractivity contribution < 1.29 is 4.74 Å². The molecule has 0 saturated carbocycles. The average molecular weight is 248 g/mol. The van der Waals surface area contributed by atoms with Crippen LogP contribution in [0, 0.1) is 0 Å². The molecule has 0 amide bonds. The molecule has 0 atom stereocenters. The summed E-state index contributed by atoms with van der Waals surface area (Å²) in [6, 6.07) is 15.3. The Bertz CT molecular complexity index is 499. The molecule has 0 radical (unpaired) electrons. The van der Waals surface area contributed by atoms with Gasteiger partial charge in [-0.2, -0.15) is 0 Å². The van der Waals surface area contributed by atoms with E-state index in [0.717, 1.165) is 17.7 Å². The van der Waals surface area contributed by atoms with Crippen molar-refractivity contribution >= 4 is 11.6 Å². The molecule has 0 aliphatic carbocycles. The predicted octanol–water partition coefficient (Wildman–Crippen LogP) is 3.63. The van der Waals surface area contributed by atoms with Crippen molar-refractivity contribution in [3.8, 4) is 11.5 Å². The molecular weight excluding hydrogens is 234 g/mol. The van der Waals surface area contributed by atoms with E-state index in [1.54, 1.807) is 0 Å². The molecule has 3 heteroatoms. The smallest absolute Gasteiger partial charge is 0.146 e. The molecule has 2 aromatic rings. The van der Waals surface area contributed by atoms with Crippen molar-refractivity contribution in [3.63, 3.8) is 0 Å². The number of hydrogen-bond acceptors (Lipinski definition) is 2. The fourth-order valence-electron chi connectivity index (χ4n) is 1.61. The third-order valence-electron chi connectivity index (χ3n) is 2.44. The Kier molecular flexibility index (Phi) is 4.02. The van der Waals surface area contributed by atoms with Gasteiger partial charge < -0.3 is 10.5 Å². The van der Waals surface area contributed by atoms with E-state index in [9.17, 15) is 0 Å². The van der Waals surface area contributed by atoms with Gasteiger partial charge in [-0.05, 0) is 36.7 Å². The Balaban J connectivity index is 2.27. The number of rotatable bonds is 4. The third-order valence-corrected chi connectivity index (χ3v) is 2.76. The first-order valence-corrected chi connectivity index (χ1v) is 5.89. The van der Waals surface area contributed by atoms with Crippen LogP contribution in [0.5, 0.6) is 11.5 Å². The van der Waals surface area contributed by atoms with E-state index in [1.165, 1.54) is 0 Å². The molecule has 0 saturated heterocycles. The molecule has 2 rings (SSSR count). The number of halogens is 1. The van der Waals surface area contributed by atoms with Gasteiger partial charge in [-0.25, -0.2) is 0 Å². The maximum Gasteiger partial charge on any atom is 0.146 e. The van der Waals surface area contributed by atoms with Crippen LogP contribution < -0.4 is 10.5 Å². The van der Waals surface area contributed by atoms with Crippen LogP contribution >= 0.6 is 11.6 Å². The molecule has 2 N–H and O–H groups in total. The van der Waals surface area contributed by atoms with Gasteiger partial charge in [0.15, 0.2) is 0 Å². The van der Waals surface area contributed by atoms with Gasteiger partial charge in [-0.1, -0.05) is 41.9 Å². The standard InChI is InChI=1S/C14H14ClNO/c15-12-6-2-4-8-14(12)17-13-7-3-1-5-11(13)9-10-16/h1-8H,9-10,16H2. The van der Waals surface area contributed by atoms with Crippen molar-refractivity contribution in [2.75, 3.05) is 6.54 Å². The Morgan fingerprint density at radius 2 is 1.59 bits per heavy atom. The lowest BCUT2D eigenvalue weighted by atomic mass is 10.1. The van der Waals surface area contributed by atoms with Gasteiger partial charge in [0.25, 0.3) is 0 Å². The van der Waals surface area contributed by atoms with Crippen molar-refractivity contribution in [1.29, 1.82) is 0 Å². The van der Waals surface area contributed by atoms with Crippen molar-refractivity contribution in [2.45, 2.75) is 6.42 Å².